The number of aliphatic hydroxyl groups is 4. The van der Waals surface area contributed by atoms with E-state index in [0.29, 0.717) is 6.42 Å². The Hall–Kier alpha value is -2.76. The molecule has 7 N–H and O–H groups in total. The van der Waals surface area contributed by atoms with Crippen LogP contribution in [-0.2, 0) is 41.8 Å². The Bertz CT molecular complexity index is 1450. The maximum atomic E-state index is 12.8. The van der Waals surface area contributed by atoms with E-state index in [-0.39, 0.29) is 6.42 Å². The topological polar surface area (TPSA) is 256 Å². The van der Waals surface area contributed by atoms with E-state index in [1.807, 2.05) is 0 Å². The van der Waals surface area contributed by atoms with Crippen molar-refractivity contribution in [3.05, 3.63) is 0 Å². The summed E-state index contributed by atoms with van der Waals surface area (Å²) in [6.45, 7) is 2.18. The summed E-state index contributed by atoms with van der Waals surface area (Å²) in [7, 11) is -10.6. The monoisotopic (exact) mass is 790 g/mol. The highest BCUT2D eigenvalue weighted by Crippen LogP contribution is 2.48. The molecule has 1 fully saturated rings. The second-order valence-electron chi connectivity index (χ2n) is 12.2. The highest BCUT2D eigenvalue weighted by atomic mass is 31.2. The Balaban J connectivity index is 2.75. The number of rotatable bonds is 24. The van der Waals surface area contributed by atoms with Gasteiger partial charge in [0, 0.05) is 12.3 Å². The van der Waals surface area contributed by atoms with E-state index < -0.39 is 83.5 Å². The van der Waals surface area contributed by atoms with Gasteiger partial charge in [0.1, 0.15) is 43.2 Å². The molecule has 8 atom stereocenters. The van der Waals surface area contributed by atoms with Gasteiger partial charge in [-0.1, -0.05) is 89.9 Å². The van der Waals surface area contributed by atoms with E-state index in [1.54, 1.807) is 6.92 Å². The molecular weight excluding hydrogens is 738 g/mol. The number of aliphatic hydroxyl groups excluding tert-OH is 4. The van der Waals surface area contributed by atoms with Gasteiger partial charge in [0.2, 0.25) is 0 Å². The fourth-order valence-corrected chi connectivity index (χ4v) is 6.61. The van der Waals surface area contributed by atoms with Crippen LogP contribution < -0.4 is 0 Å². The first-order chi connectivity index (χ1) is 25.1. The molecule has 5 unspecified atom stereocenters. The van der Waals surface area contributed by atoms with Crippen molar-refractivity contribution in [2.45, 2.75) is 146 Å². The molecule has 1 aliphatic carbocycles. The first-order valence-corrected chi connectivity index (χ1v) is 20.5. The number of hydrogen-bond donors (Lipinski definition) is 7. The minimum Gasteiger partial charge on any atom is -0.456 e. The summed E-state index contributed by atoms with van der Waals surface area (Å²) in [6.07, 6.45) is -0.814. The molecule has 0 radical (unpaired) electrons. The van der Waals surface area contributed by atoms with Crippen molar-refractivity contribution in [3.63, 3.8) is 0 Å². The zero-order chi connectivity index (χ0) is 39.7. The van der Waals surface area contributed by atoms with E-state index in [4.69, 9.17) is 28.3 Å². The van der Waals surface area contributed by atoms with Crippen molar-refractivity contribution in [1.29, 1.82) is 0 Å². The number of carbonyl (C=O) groups is 2. The highest BCUT2D eigenvalue weighted by Gasteiger charge is 2.54. The molecule has 53 heavy (non-hydrogen) atoms. The van der Waals surface area contributed by atoms with Gasteiger partial charge in [-0.25, -0.2) is 13.9 Å². The Morgan fingerprint density at radius 2 is 1.09 bits per heavy atom. The second kappa shape index (κ2) is 26.9. The minimum atomic E-state index is -5.32. The third-order valence-electron chi connectivity index (χ3n) is 7.77. The molecule has 1 saturated carbocycles. The van der Waals surface area contributed by atoms with Crippen molar-refractivity contribution in [3.8, 4) is 47.4 Å². The molecule has 0 aromatic carbocycles. The van der Waals surface area contributed by atoms with Crippen LogP contribution in [0.4, 0.5) is 0 Å². The number of phosphoric acid groups is 2. The van der Waals surface area contributed by atoms with Crippen LogP contribution in [-0.4, -0.2) is 103 Å². The van der Waals surface area contributed by atoms with Gasteiger partial charge in [0.15, 0.2) is 6.10 Å². The minimum absolute atomic E-state index is 0.0115. The van der Waals surface area contributed by atoms with Gasteiger partial charge in [-0.3, -0.25) is 18.4 Å². The molecule has 0 saturated heterocycles. The van der Waals surface area contributed by atoms with Gasteiger partial charge in [0.05, 0.1) is 6.61 Å². The van der Waals surface area contributed by atoms with Crippen molar-refractivity contribution in [2.24, 2.45) is 0 Å². The van der Waals surface area contributed by atoms with Gasteiger partial charge in [-0.05, 0) is 48.9 Å². The summed E-state index contributed by atoms with van der Waals surface area (Å²) in [5.41, 5.74) is 0. The summed E-state index contributed by atoms with van der Waals surface area (Å²) in [5.74, 6) is 16.9. The molecule has 1 rings (SSSR count). The molecule has 16 nitrogen and oxygen atoms in total. The second-order valence-corrected chi connectivity index (χ2v) is 14.8. The number of ether oxygens (including phenoxy) is 2. The summed E-state index contributed by atoms with van der Waals surface area (Å²) in [5, 5.41) is 41.0. The van der Waals surface area contributed by atoms with E-state index >= 15 is 0 Å². The van der Waals surface area contributed by atoms with Crippen molar-refractivity contribution >= 4 is 27.6 Å². The zero-order valence-electron chi connectivity index (χ0n) is 30.1. The van der Waals surface area contributed by atoms with E-state index in [1.165, 1.54) is 51.4 Å². The van der Waals surface area contributed by atoms with Crippen LogP contribution in [0, 0.1) is 47.4 Å². The number of esters is 2. The number of carbonyl (C=O) groups excluding carboxylic acids is 2. The lowest BCUT2D eigenvalue weighted by Crippen LogP contribution is -2.64. The fraction of sp³-hybridized carbons (Fsp3) is 0.714. The van der Waals surface area contributed by atoms with Crippen LogP contribution >= 0.6 is 15.6 Å². The normalized spacial score (nSPS) is 22.5. The Kier molecular flexibility index (Phi) is 24.5. The summed E-state index contributed by atoms with van der Waals surface area (Å²) in [4.78, 5) is 53.0. The third-order valence-corrected chi connectivity index (χ3v) is 9.27. The van der Waals surface area contributed by atoms with E-state index in [0.717, 1.165) is 25.7 Å². The molecule has 0 bridgehead atoms. The highest BCUT2D eigenvalue weighted by molar-refractivity contribution is 7.47. The molecule has 0 heterocycles. The van der Waals surface area contributed by atoms with E-state index in [2.05, 4.69) is 58.8 Å². The standard InChI is InChI=1S/C35H52O16P2/c1-3-5-7-9-11-12-13-14-15-16-18-20-22-24-29(37)49-27(25-47-28(36)23-21-19-17-10-8-6-4-2)26-48-53(45,46)51-35-32(40)30(38)34(31(39)33(35)41)50-52(42,43)44/h27,30-35,38-41H,3,5,7,9,11-16,18,20,22,24-26H2,1-2H3,(H,45,46)(H2,42,43,44)/t27-,30-,31+,32?,33?,34?,35?/m1/s1. The summed E-state index contributed by atoms with van der Waals surface area (Å²) >= 11 is 0. The quantitative estimate of drug-likeness (QED) is 0.0244. The Morgan fingerprint density at radius 3 is 1.58 bits per heavy atom. The molecular formula is C35H52O16P2. The smallest absolute Gasteiger partial charge is 0.456 e. The van der Waals surface area contributed by atoms with Crippen LogP contribution in [0.25, 0.3) is 0 Å². The van der Waals surface area contributed by atoms with Crippen LogP contribution in [0.5, 0.6) is 0 Å². The van der Waals surface area contributed by atoms with Gasteiger partial charge in [0.25, 0.3) is 0 Å². The van der Waals surface area contributed by atoms with Crippen LogP contribution in [0.3, 0.4) is 0 Å². The average molecular weight is 791 g/mol. The fourth-order valence-electron chi connectivity index (χ4n) is 5.07. The predicted octanol–water partition coefficient (Wildman–Crippen LogP) is 2.39. The zero-order valence-corrected chi connectivity index (χ0v) is 31.8. The van der Waals surface area contributed by atoms with Gasteiger partial charge < -0.3 is 44.6 Å². The molecule has 0 aromatic heterocycles. The Morgan fingerprint density at radius 1 is 0.642 bits per heavy atom. The predicted molar refractivity (Wildman–Crippen MR) is 190 cm³/mol. The van der Waals surface area contributed by atoms with Crippen molar-refractivity contribution in [2.75, 3.05) is 13.2 Å². The Labute approximate surface area is 311 Å². The number of phosphoric ester groups is 2. The number of unbranched alkanes of at least 4 members (excludes halogenated alkanes) is 12. The molecule has 1 aliphatic rings. The first kappa shape index (κ1) is 48.3. The maximum absolute atomic E-state index is 12.8. The van der Waals surface area contributed by atoms with Crippen LogP contribution in [0.1, 0.15) is 104 Å². The molecule has 0 aliphatic heterocycles. The lowest BCUT2D eigenvalue weighted by atomic mass is 9.85. The molecule has 0 amide bonds. The van der Waals surface area contributed by atoms with E-state index in [9.17, 15) is 44.0 Å². The van der Waals surface area contributed by atoms with Crippen molar-refractivity contribution in [1.82, 2.24) is 0 Å². The molecule has 0 aromatic rings. The summed E-state index contributed by atoms with van der Waals surface area (Å²) < 4.78 is 48.1. The lowest BCUT2D eigenvalue weighted by molar-refractivity contribution is -0.216. The molecule has 18 heteroatoms. The van der Waals surface area contributed by atoms with Crippen LogP contribution in [0.15, 0.2) is 0 Å². The molecule has 0 spiro atoms. The van der Waals surface area contributed by atoms with Gasteiger partial charge >= 0.3 is 27.6 Å². The number of hydrogen-bond acceptors (Lipinski definition) is 13. The lowest BCUT2D eigenvalue weighted by Gasteiger charge is -2.43. The van der Waals surface area contributed by atoms with Crippen molar-refractivity contribution < 1.29 is 76.9 Å². The van der Waals surface area contributed by atoms with Crippen LogP contribution in [0.2, 0.25) is 0 Å². The first-order valence-electron chi connectivity index (χ1n) is 17.5. The maximum Gasteiger partial charge on any atom is 0.472 e. The largest absolute Gasteiger partial charge is 0.472 e. The average Bonchev–Trinajstić information content (AvgIpc) is 3.10. The van der Waals surface area contributed by atoms with Gasteiger partial charge in [-0.15, -0.1) is 0 Å². The third kappa shape index (κ3) is 22.3. The SMILES string of the molecule is CC#CC#CC#CC#CC(=O)OC[C@H](COP(=O)(O)OC1C(O)[C@@H](O)C(OP(=O)(O)O)[C@@H](O)C1O)OC(=O)CCCCCCCCCCCCCCC. The molecule has 298 valence electrons. The van der Waals surface area contributed by atoms with Gasteiger partial charge in [-0.2, -0.15) is 0 Å². The summed E-state index contributed by atoms with van der Waals surface area (Å²) in [6, 6.07) is 0.